The lowest BCUT2D eigenvalue weighted by molar-refractivity contribution is 0.303. The van der Waals surface area contributed by atoms with Crippen molar-refractivity contribution in [3.8, 4) is 5.75 Å². The lowest BCUT2D eigenvalue weighted by Crippen LogP contribution is -2.04. The molecule has 0 aliphatic heterocycles. The summed E-state index contributed by atoms with van der Waals surface area (Å²) >= 11 is 12.3. The molecule has 0 unspecified atom stereocenters. The van der Waals surface area contributed by atoms with Gasteiger partial charge in [-0.2, -0.15) is 0 Å². The minimum Gasteiger partial charge on any atom is -0.488 e. The fraction of sp³-hybridized carbons (Fsp3) is 0.0833. The van der Waals surface area contributed by atoms with Gasteiger partial charge in [-0.3, -0.25) is 0 Å². The summed E-state index contributed by atoms with van der Waals surface area (Å²) in [7, 11) is 0. The van der Waals surface area contributed by atoms with E-state index in [-0.39, 0.29) is 12.4 Å². The first-order chi connectivity index (χ1) is 14.1. The van der Waals surface area contributed by atoms with Crippen LogP contribution in [-0.4, -0.2) is 0 Å². The Morgan fingerprint density at radius 2 is 1.66 bits per heavy atom. The molecule has 0 spiro atoms. The quantitative estimate of drug-likeness (QED) is 0.345. The molecule has 0 amide bonds. The van der Waals surface area contributed by atoms with Crippen molar-refractivity contribution in [3.05, 3.63) is 106 Å². The van der Waals surface area contributed by atoms with Crippen LogP contribution in [0.3, 0.4) is 0 Å². The molecule has 2 nitrogen and oxygen atoms in total. The van der Waals surface area contributed by atoms with Crippen LogP contribution in [0.2, 0.25) is 10.0 Å². The average molecular weight is 426 g/mol. The number of rotatable bonds is 6. The highest BCUT2D eigenvalue weighted by molar-refractivity contribution is 6.31. The highest BCUT2D eigenvalue weighted by atomic mass is 35.5. The SMILES string of the molecule is Fc1ccc(COc2ccc(Cl)cc2CNc2cccc3ccccc23)c(Cl)c1. The summed E-state index contributed by atoms with van der Waals surface area (Å²) in [4.78, 5) is 0. The molecule has 0 fully saturated rings. The first kappa shape index (κ1) is 19.6. The van der Waals surface area contributed by atoms with Crippen LogP contribution < -0.4 is 10.1 Å². The molecule has 0 radical (unpaired) electrons. The molecule has 146 valence electrons. The van der Waals surface area contributed by atoms with Gasteiger partial charge in [0, 0.05) is 33.8 Å². The van der Waals surface area contributed by atoms with Crippen LogP contribution in [0.1, 0.15) is 11.1 Å². The summed E-state index contributed by atoms with van der Waals surface area (Å²) < 4.78 is 19.2. The largest absolute Gasteiger partial charge is 0.488 e. The van der Waals surface area contributed by atoms with Gasteiger partial charge in [0.05, 0.1) is 5.02 Å². The Morgan fingerprint density at radius 1 is 0.828 bits per heavy atom. The third-order valence-corrected chi connectivity index (χ3v) is 5.27. The first-order valence-corrected chi connectivity index (χ1v) is 9.92. The summed E-state index contributed by atoms with van der Waals surface area (Å²) in [6.45, 7) is 0.781. The molecule has 4 rings (SSSR count). The number of hydrogen-bond acceptors (Lipinski definition) is 2. The van der Waals surface area contributed by atoms with Gasteiger partial charge in [0.15, 0.2) is 0 Å². The van der Waals surface area contributed by atoms with Gasteiger partial charge in [-0.1, -0.05) is 65.7 Å². The number of fused-ring (bicyclic) bond motifs is 1. The van der Waals surface area contributed by atoms with Crippen molar-refractivity contribution in [2.24, 2.45) is 0 Å². The van der Waals surface area contributed by atoms with Gasteiger partial charge in [-0.25, -0.2) is 4.39 Å². The highest BCUT2D eigenvalue weighted by Gasteiger charge is 2.09. The smallest absolute Gasteiger partial charge is 0.124 e. The third kappa shape index (κ3) is 4.64. The number of anilines is 1. The van der Waals surface area contributed by atoms with Crippen molar-refractivity contribution in [2.75, 3.05) is 5.32 Å². The molecule has 4 aromatic carbocycles. The van der Waals surface area contributed by atoms with Gasteiger partial charge in [-0.15, -0.1) is 0 Å². The van der Waals surface area contributed by atoms with E-state index < -0.39 is 0 Å². The molecule has 0 aromatic heterocycles. The second kappa shape index (κ2) is 8.73. The summed E-state index contributed by atoms with van der Waals surface area (Å²) in [5.41, 5.74) is 2.68. The minimum atomic E-state index is -0.370. The van der Waals surface area contributed by atoms with Crippen molar-refractivity contribution in [2.45, 2.75) is 13.2 Å². The van der Waals surface area contributed by atoms with Crippen LogP contribution in [0, 0.1) is 5.82 Å². The van der Waals surface area contributed by atoms with Crippen molar-refractivity contribution >= 4 is 39.7 Å². The van der Waals surface area contributed by atoms with E-state index in [0.717, 1.165) is 22.2 Å². The van der Waals surface area contributed by atoms with Crippen LogP contribution >= 0.6 is 23.2 Å². The van der Waals surface area contributed by atoms with E-state index in [1.165, 1.54) is 17.5 Å². The molecule has 0 heterocycles. The topological polar surface area (TPSA) is 21.3 Å². The number of hydrogen-bond donors (Lipinski definition) is 1. The zero-order valence-electron chi connectivity index (χ0n) is 15.5. The van der Waals surface area contributed by atoms with Gasteiger partial charge >= 0.3 is 0 Å². The number of benzene rings is 4. The monoisotopic (exact) mass is 425 g/mol. The predicted octanol–water partition coefficient (Wildman–Crippen LogP) is 7.48. The molecule has 1 N–H and O–H groups in total. The molecular weight excluding hydrogens is 408 g/mol. The van der Waals surface area contributed by atoms with Gasteiger partial charge in [0.2, 0.25) is 0 Å². The molecule has 0 saturated carbocycles. The van der Waals surface area contributed by atoms with Crippen molar-refractivity contribution in [3.63, 3.8) is 0 Å². The number of halogens is 3. The molecule has 29 heavy (non-hydrogen) atoms. The van der Waals surface area contributed by atoms with E-state index in [9.17, 15) is 4.39 Å². The Morgan fingerprint density at radius 3 is 2.52 bits per heavy atom. The molecule has 0 saturated heterocycles. The highest BCUT2D eigenvalue weighted by Crippen LogP contribution is 2.28. The van der Waals surface area contributed by atoms with Crippen LogP contribution in [-0.2, 0) is 13.2 Å². The maximum absolute atomic E-state index is 13.2. The summed E-state index contributed by atoms with van der Waals surface area (Å²) in [6.07, 6.45) is 0. The van der Waals surface area contributed by atoms with Crippen molar-refractivity contribution < 1.29 is 9.13 Å². The maximum Gasteiger partial charge on any atom is 0.124 e. The van der Waals surface area contributed by atoms with Gasteiger partial charge in [0.1, 0.15) is 18.2 Å². The van der Waals surface area contributed by atoms with Crippen LogP contribution in [0.15, 0.2) is 78.9 Å². The van der Waals surface area contributed by atoms with Crippen molar-refractivity contribution in [1.29, 1.82) is 0 Å². The first-order valence-electron chi connectivity index (χ1n) is 9.17. The minimum absolute atomic E-state index is 0.238. The molecule has 4 aromatic rings. The van der Waals surface area contributed by atoms with E-state index in [1.807, 2.05) is 36.4 Å². The summed E-state index contributed by atoms with van der Waals surface area (Å²) in [5, 5.41) is 6.77. The van der Waals surface area contributed by atoms with Crippen LogP contribution in [0.25, 0.3) is 10.8 Å². The molecule has 5 heteroatoms. The number of ether oxygens (including phenoxy) is 1. The lowest BCUT2D eigenvalue weighted by atomic mass is 10.1. The zero-order valence-corrected chi connectivity index (χ0v) is 17.0. The number of nitrogens with one attached hydrogen (secondary N) is 1. The molecular formula is C24H18Cl2FNO. The Balaban J connectivity index is 1.53. The standard InChI is InChI=1S/C24H18Cl2FNO/c25-19-9-11-24(29-15-17-8-10-20(27)13-22(17)26)18(12-19)14-28-23-7-3-5-16-4-1-2-6-21(16)23/h1-13,28H,14-15H2. The van der Waals surface area contributed by atoms with Gasteiger partial charge < -0.3 is 10.1 Å². The van der Waals surface area contributed by atoms with Crippen LogP contribution in [0.5, 0.6) is 5.75 Å². The zero-order chi connectivity index (χ0) is 20.2. The molecule has 0 aliphatic carbocycles. The summed E-state index contributed by atoms with van der Waals surface area (Å²) in [6, 6.07) is 24.1. The third-order valence-electron chi connectivity index (χ3n) is 4.68. The van der Waals surface area contributed by atoms with Crippen molar-refractivity contribution in [1.82, 2.24) is 0 Å². The lowest BCUT2D eigenvalue weighted by Gasteiger charge is -2.15. The maximum atomic E-state index is 13.2. The van der Waals surface area contributed by atoms with Crippen LogP contribution in [0.4, 0.5) is 10.1 Å². The fourth-order valence-corrected chi connectivity index (χ4v) is 3.61. The van der Waals surface area contributed by atoms with E-state index in [2.05, 4.69) is 23.5 Å². The molecule has 0 aliphatic rings. The van der Waals surface area contributed by atoms with E-state index in [4.69, 9.17) is 27.9 Å². The normalized spacial score (nSPS) is 10.9. The second-order valence-corrected chi connectivity index (χ2v) is 7.50. The Hall–Kier alpha value is -2.75. The van der Waals surface area contributed by atoms with Gasteiger partial charge in [0.25, 0.3) is 0 Å². The fourth-order valence-electron chi connectivity index (χ4n) is 3.19. The van der Waals surface area contributed by atoms with Gasteiger partial charge in [-0.05, 0) is 41.8 Å². The molecule has 0 bridgehead atoms. The van der Waals surface area contributed by atoms with E-state index >= 15 is 0 Å². The Labute approximate surface area is 178 Å². The van der Waals surface area contributed by atoms with E-state index in [1.54, 1.807) is 12.1 Å². The Kier molecular flexibility index (Phi) is 5.89. The predicted molar refractivity (Wildman–Crippen MR) is 118 cm³/mol. The Bertz CT molecular complexity index is 1160. The average Bonchev–Trinajstić information content (AvgIpc) is 2.72. The summed E-state index contributed by atoms with van der Waals surface area (Å²) in [5.74, 6) is 0.327. The van der Waals surface area contributed by atoms with E-state index in [0.29, 0.717) is 22.3 Å². The molecule has 0 atom stereocenters. The second-order valence-electron chi connectivity index (χ2n) is 6.66.